The third kappa shape index (κ3) is 3.82. The molecule has 2 fully saturated rings. The lowest BCUT2D eigenvalue weighted by molar-refractivity contribution is -0.127. The number of carbonyl (C=O) groups excluding carboxylic acids is 1. The number of methoxy groups -OCH3 is 1. The van der Waals surface area contributed by atoms with Crippen molar-refractivity contribution in [3.63, 3.8) is 0 Å². The van der Waals surface area contributed by atoms with Crippen molar-refractivity contribution in [3.05, 3.63) is 24.3 Å². The van der Waals surface area contributed by atoms with Gasteiger partial charge in [-0.1, -0.05) is 6.07 Å². The van der Waals surface area contributed by atoms with Gasteiger partial charge < -0.3 is 19.8 Å². The van der Waals surface area contributed by atoms with Crippen molar-refractivity contribution in [2.24, 2.45) is 11.8 Å². The Hall–Kier alpha value is -1.24. The van der Waals surface area contributed by atoms with E-state index in [9.17, 15) is 15.0 Å². The summed E-state index contributed by atoms with van der Waals surface area (Å²) in [6, 6.07) is 7.69. The second kappa shape index (κ2) is 7.11. The van der Waals surface area contributed by atoms with Gasteiger partial charge >= 0.3 is 0 Å². The fourth-order valence-electron chi connectivity index (χ4n) is 3.54. The molecule has 0 bridgehead atoms. The molecule has 1 amide bonds. The molecule has 2 aliphatic rings. The van der Waals surface area contributed by atoms with Crippen LogP contribution in [0.4, 0.5) is 0 Å². The van der Waals surface area contributed by atoms with Gasteiger partial charge in [0.1, 0.15) is 5.75 Å². The van der Waals surface area contributed by atoms with Crippen LogP contribution < -0.4 is 4.74 Å². The zero-order chi connectivity index (χ0) is 16.4. The summed E-state index contributed by atoms with van der Waals surface area (Å²) in [5.41, 5.74) is 0. The zero-order valence-electron chi connectivity index (χ0n) is 13.2. The molecule has 1 aromatic rings. The highest BCUT2D eigenvalue weighted by Crippen LogP contribution is 2.37. The van der Waals surface area contributed by atoms with Crippen molar-refractivity contribution in [2.45, 2.75) is 29.9 Å². The van der Waals surface area contributed by atoms with E-state index in [0.717, 1.165) is 10.6 Å². The second-order valence-corrected chi connectivity index (χ2v) is 7.44. The number of nitrogens with zero attached hydrogens (tertiary/aromatic N) is 1. The number of likely N-dealkylation sites (tertiary alicyclic amines) is 1. The van der Waals surface area contributed by atoms with Gasteiger partial charge in [0.15, 0.2) is 0 Å². The Morgan fingerprint density at radius 2 is 1.91 bits per heavy atom. The average Bonchev–Trinajstić information content (AvgIpc) is 2.96. The number of fused-ring (bicyclic) bond motifs is 1. The summed E-state index contributed by atoms with van der Waals surface area (Å²) >= 11 is 1.51. The predicted octanol–water partition coefficient (Wildman–Crippen LogP) is 1.38. The maximum Gasteiger partial charge on any atom is 0.232 e. The van der Waals surface area contributed by atoms with Gasteiger partial charge in [0.05, 0.1) is 25.1 Å². The van der Waals surface area contributed by atoms with Crippen LogP contribution in [0.15, 0.2) is 29.2 Å². The number of benzene rings is 1. The van der Waals surface area contributed by atoms with E-state index in [4.69, 9.17) is 4.74 Å². The van der Waals surface area contributed by atoms with E-state index in [-0.39, 0.29) is 5.91 Å². The highest BCUT2D eigenvalue weighted by atomic mass is 32.2. The van der Waals surface area contributed by atoms with Crippen LogP contribution in [0.5, 0.6) is 5.75 Å². The van der Waals surface area contributed by atoms with Crippen LogP contribution in [0.1, 0.15) is 12.8 Å². The molecule has 1 saturated heterocycles. The smallest absolute Gasteiger partial charge is 0.232 e. The normalized spacial score (nSPS) is 30.1. The van der Waals surface area contributed by atoms with Crippen LogP contribution in [0.25, 0.3) is 0 Å². The summed E-state index contributed by atoms with van der Waals surface area (Å²) in [4.78, 5) is 15.3. The highest BCUT2D eigenvalue weighted by Gasteiger charge is 2.42. The van der Waals surface area contributed by atoms with E-state index in [1.165, 1.54) is 11.8 Å². The molecule has 1 heterocycles. The number of ether oxygens (including phenoxy) is 1. The van der Waals surface area contributed by atoms with Crippen LogP contribution in [0, 0.1) is 11.8 Å². The SMILES string of the molecule is COc1cccc(SCC(=O)N2C[C@H]3C[C@H](O)[C@H](O)C[C@H]3C2)c1. The van der Waals surface area contributed by atoms with Gasteiger partial charge in [0.25, 0.3) is 0 Å². The number of aliphatic hydroxyl groups excluding tert-OH is 2. The van der Waals surface area contributed by atoms with Crippen molar-refractivity contribution in [3.8, 4) is 5.75 Å². The lowest BCUT2D eigenvalue weighted by atomic mass is 9.79. The molecule has 1 aliphatic heterocycles. The monoisotopic (exact) mass is 337 g/mol. The Morgan fingerprint density at radius 3 is 2.52 bits per heavy atom. The molecule has 2 N–H and O–H groups in total. The first-order valence-corrected chi connectivity index (χ1v) is 8.96. The summed E-state index contributed by atoms with van der Waals surface area (Å²) in [7, 11) is 1.63. The van der Waals surface area contributed by atoms with Gasteiger partial charge in [-0.15, -0.1) is 11.8 Å². The molecule has 0 aromatic heterocycles. The van der Waals surface area contributed by atoms with E-state index in [0.29, 0.717) is 43.5 Å². The van der Waals surface area contributed by atoms with Crippen molar-refractivity contribution < 1.29 is 19.7 Å². The summed E-state index contributed by atoms with van der Waals surface area (Å²) in [6.45, 7) is 1.40. The Kier molecular flexibility index (Phi) is 5.14. The third-order valence-corrected chi connectivity index (χ3v) is 5.84. The standard InChI is InChI=1S/C17H23NO4S/c1-22-13-3-2-4-14(7-13)23-10-17(21)18-8-11-5-15(19)16(20)6-12(11)9-18/h2-4,7,11-12,15-16,19-20H,5-6,8-10H2,1H3/t11-,12+,15+,16-. The van der Waals surface area contributed by atoms with E-state index in [1.54, 1.807) is 7.11 Å². The minimum absolute atomic E-state index is 0.121. The van der Waals surface area contributed by atoms with Crippen LogP contribution in [-0.2, 0) is 4.79 Å². The Labute approximate surface area is 140 Å². The van der Waals surface area contributed by atoms with E-state index in [2.05, 4.69) is 0 Å². The highest BCUT2D eigenvalue weighted by molar-refractivity contribution is 8.00. The molecule has 6 heteroatoms. The average molecular weight is 337 g/mol. The maximum atomic E-state index is 12.4. The van der Waals surface area contributed by atoms with Gasteiger partial charge in [-0.25, -0.2) is 0 Å². The second-order valence-electron chi connectivity index (χ2n) is 6.39. The summed E-state index contributed by atoms with van der Waals surface area (Å²) < 4.78 is 5.19. The number of aliphatic hydroxyl groups is 2. The quantitative estimate of drug-likeness (QED) is 0.812. The van der Waals surface area contributed by atoms with Gasteiger partial charge in [-0.05, 0) is 42.9 Å². The van der Waals surface area contributed by atoms with Crippen LogP contribution in [-0.4, -0.2) is 59.2 Å². The van der Waals surface area contributed by atoms with Crippen LogP contribution in [0.3, 0.4) is 0 Å². The molecule has 0 unspecified atom stereocenters. The van der Waals surface area contributed by atoms with Gasteiger partial charge in [-0.3, -0.25) is 4.79 Å². The molecule has 1 aliphatic carbocycles. The molecular weight excluding hydrogens is 314 g/mol. The first-order chi connectivity index (χ1) is 11.1. The minimum Gasteiger partial charge on any atom is -0.497 e. The van der Waals surface area contributed by atoms with Crippen LogP contribution in [0.2, 0.25) is 0 Å². The molecule has 23 heavy (non-hydrogen) atoms. The fourth-order valence-corrected chi connectivity index (χ4v) is 4.39. The van der Waals surface area contributed by atoms with Crippen LogP contribution >= 0.6 is 11.8 Å². The number of thioether (sulfide) groups is 1. The van der Waals surface area contributed by atoms with Crippen molar-refractivity contribution in [1.82, 2.24) is 4.90 Å². The van der Waals surface area contributed by atoms with Crippen molar-refractivity contribution >= 4 is 17.7 Å². The number of hydrogen-bond acceptors (Lipinski definition) is 5. The van der Waals surface area contributed by atoms with Gasteiger partial charge in [0.2, 0.25) is 5.91 Å². The van der Waals surface area contributed by atoms with Gasteiger partial charge in [-0.2, -0.15) is 0 Å². The molecule has 3 rings (SSSR count). The lowest BCUT2D eigenvalue weighted by Gasteiger charge is -2.31. The number of rotatable bonds is 4. The number of amides is 1. The largest absolute Gasteiger partial charge is 0.497 e. The summed E-state index contributed by atoms with van der Waals surface area (Å²) in [6.07, 6.45) is -0.0907. The van der Waals surface area contributed by atoms with E-state index in [1.807, 2.05) is 29.2 Å². The number of carbonyl (C=O) groups is 1. The van der Waals surface area contributed by atoms with Gasteiger partial charge in [0, 0.05) is 18.0 Å². The molecule has 126 valence electrons. The predicted molar refractivity (Wildman–Crippen MR) is 88.5 cm³/mol. The lowest BCUT2D eigenvalue weighted by Crippen LogP contribution is -2.38. The van der Waals surface area contributed by atoms with E-state index < -0.39 is 12.2 Å². The minimum atomic E-state index is -0.641. The topological polar surface area (TPSA) is 70.0 Å². The Morgan fingerprint density at radius 1 is 1.26 bits per heavy atom. The first kappa shape index (κ1) is 16.6. The molecule has 1 saturated carbocycles. The maximum absolute atomic E-state index is 12.4. The zero-order valence-corrected chi connectivity index (χ0v) is 14.0. The fraction of sp³-hybridized carbons (Fsp3) is 0.588. The third-order valence-electron chi connectivity index (χ3n) is 4.87. The Balaban J connectivity index is 1.53. The van der Waals surface area contributed by atoms with Crippen molar-refractivity contribution in [1.29, 1.82) is 0 Å². The molecule has 4 atom stereocenters. The molecular formula is C17H23NO4S. The molecule has 1 aromatic carbocycles. The summed E-state index contributed by atoms with van der Waals surface area (Å²) in [5, 5.41) is 19.6. The number of hydrogen-bond donors (Lipinski definition) is 2. The molecule has 0 spiro atoms. The molecule has 5 nitrogen and oxygen atoms in total. The summed E-state index contributed by atoms with van der Waals surface area (Å²) in [5.74, 6) is 1.95. The first-order valence-electron chi connectivity index (χ1n) is 7.97. The van der Waals surface area contributed by atoms with Crippen molar-refractivity contribution in [2.75, 3.05) is 26.0 Å². The molecule has 0 radical (unpaired) electrons. The Bertz CT molecular complexity index is 549. The van der Waals surface area contributed by atoms with E-state index >= 15 is 0 Å².